The van der Waals surface area contributed by atoms with E-state index in [4.69, 9.17) is 4.74 Å². The Balaban J connectivity index is 1.79. The van der Waals surface area contributed by atoms with Gasteiger partial charge in [0.05, 0.1) is 12.3 Å². The average molecular weight is 374 g/mol. The van der Waals surface area contributed by atoms with Crippen LogP contribution in [-0.2, 0) is 20.6 Å². The number of sulfonamides is 1. The highest BCUT2D eigenvalue weighted by molar-refractivity contribution is 7.88. The van der Waals surface area contributed by atoms with Crippen molar-refractivity contribution in [3.05, 3.63) is 66.2 Å². The average Bonchev–Trinajstić information content (AvgIpc) is 3.07. The summed E-state index contributed by atoms with van der Waals surface area (Å²) in [5.74, 6) is 0.204. The normalized spacial score (nSPS) is 20.7. The summed E-state index contributed by atoms with van der Waals surface area (Å²) in [6, 6.07) is 17.4. The smallest absolute Gasteiger partial charge is 0.238 e. The Labute approximate surface area is 153 Å². The molecule has 2 atom stereocenters. The molecule has 2 aromatic rings. The fourth-order valence-corrected chi connectivity index (χ4v) is 4.87. The topological polar surface area (TPSA) is 75.7 Å². The molecule has 1 N–H and O–H groups in total. The third-order valence-corrected chi connectivity index (χ3v) is 6.18. The molecule has 1 amide bonds. The van der Waals surface area contributed by atoms with Gasteiger partial charge >= 0.3 is 0 Å². The zero-order valence-corrected chi connectivity index (χ0v) is 15.4. The van der Waals surface area contributed by atoms with Gasteiger partial charge in [0.2, 0.25) is 15.9 Å². The second-order valence-corrected chi connectivity index (χ2v) is 8.15. The van der Waals surface area contributed by atoms with Crippen molar-refractivity contribution in [2.75, 3.05) is 13.6 Å². The summed E-state index contributed by atoms with van der Waals surface area (Å²) in [6.07, 6.45) is -0.0481. The van der Waals surface area contributed by atoms with Crippen molar-refractivity contribution in [1.82, 2.24) is 9.62 Å². The number of carbonyl (C=O) groups is 1. The number of likely N-dealkylation sites (N-methyl/N-ethyl adjacent to an activating group) is 1. The van der Waals surface area contributed by atoms with Crippen LogP contribution in [0.3, 0.4) is 0 Å². The van der Waals surface area contributed by atoms with Crippen LogP contribution in [0.15, 0.2) is 60.7 Å². The molecular formula is C19H22N2O4S. The van der Waals surface area contributed by atoms with E-state index >= 15 is 0 Å². The van der Waals surface area contributed by atoms with Crippen molar-refractivity contribution >= 4 is 15.9 Å². The number of nitrogens with zero attached hydrogens (tertiary/aromatic N) is 1. The van der Waals surface area contributed by atoms with Crippen LogP contribution in [0.1, 0.15) is 12.0 Å². The zero-order valence-electron chi connectivity index (χ0n) is 14.5. The summed E-state index contributed by atoms with van der Waals surface area (Å²) in [4.78, 5) is 12.2. The number of rotatable bonds is 6. The molecule has 0 aromatic heterocycles. The number of hydrogen-bond donors (Lipinski definition) is 1. The molecule has 3 rings (SSSR count). The molecule has 0 aliphatic carbocycles. The fourth-order valence-electron chi connectivity index (χ4n) is 3.13. The van der Waals surface area contributed by atoms with Crippen molar-refractivity contribution in [2.24, 2.45) is 0 Å². The van der Waals surface area contributed by atoms with E-state index in [9.17, 15) is 13.2 Å². The number of nitrogens with one attached hydrogen (secondary N) is 1. The van der Waals surface area contributed by atoms with Crippen LogP contribution < -0.4 is 10.1 Å². The maximum Gasteiger partial charge on any atom is 0.238 e. The molecule has 138 valence electrons. The molecule has 1 aliphatic rings. The molecule has 1 heterocycles. The van der Waals surface area contributed by atoms with Gasteiger partial charge in [-0.1, -0.05) is 48.5 Å². The third kappa shape index (κ3) is 4.23. The van der Waals surface area contributed by atoms with Crippen LogP contribution in [0.2, 0.25) is 0 Å². The minimum Gasteiger partial charge on any atom is -0.489 e. The first kappa shape index (κ1) is 18.4. The lowest BCUT2D eigenvalue weighted by atomic mass is 10.2. The van der Waals surface area contributed by atoms with Gasteiger partial charge in [0.15, 0.2) is 0 Å². The predicted octanol–water partition coefficient (Wildman–Crippen LogP) is 1.78. The van der Waals surface area contributed by atoms with Gasteiger partial charge in [0, 0.05) is 13.5 Å². The molecule has 0 unspecified atom stereocenters. The highest BCUT2D eigenvalue weighted by Gasteiger charge is 2.44. The van der Waals surface area contributed by atoms with E-state index in [0.717, 1.165) is 0 Å². The first-order valence-corrected chi connectivity index (χ1v) is 10.1. The molecule has 7 heteroatoms. The van der Waals surface area contributed by atoms with Crippen LogP contribution in [0.5, 0.6) is 5.75 Å². The SMILES string of the molecule is CNC(=O)[C@@H]1C[C@H](Oc2ccccc2)CN1S(=O)(=O)Cc1ccccc1. The summed E-state index contributed by atoms with van der Waals surface area (Å²) >= 11 is 0. The van der Waals surface area contributed by atoms with Crippen LogP contribution in [0.4, 0.5) is 0 Å². The standard InChI is InChI=1S/C19H22N2O4S/c1-20-19(22)18-12-17(25-16-10-6-3-7-11-16)13-21(18)26(23,24)14-15-8-4-2-5-9-15/h2-11,17-18H,12-14H2,1H3,(H,20,22)/t17-,18-/m0/s1. The molecule has 1 saturated heterocycles. The maximum absolute atomic E-state index is 12.9. The first-order chi connectivity index (χ1) is 12.5. The third-order valence-electron chi connectivity index (χ3n) is 4.36. The lowest BCUT2D eigenvalue weighted by Gasteiger charge is -2.22. The van der Waals surface area contributed by atoms with Gasteiger partial charge in [-0.15, -0.1) is 0 Å². The molecule has 0 radical (unpaired) electrons. The van der Waals surface area contributed by atoms with Crippen LogP contribution in [-0.4, -0.2) is 44.4 Å². The molecule has 2 aromatic carbocycles. The number of hydrogen-bond acceptors (Lipinski definition) is 4. The monoisotopic (exact) mass is 374 g/mol. The van der Waals surface area contributed by atoms with Crippen LogP contribution in [0.25, 0.3) is 0 Å². The minimum atomic E-state index is -3.65. The van der Waals surface area contributed by atoms with Crippen LogP contribution >= 0.6 is 0 Å². The minimum absolute atomic E-state index is 0.139. The van der Waals surface area contributed by atoms with Crippen LogP contribution in [0, 0.1) is 0 Å². The van der Waals surface area contributed by atoms with Gasteiger partial charge in [0.1, 0.15) is 17.9 Å². The molecular weight excluding hydrogens is 352 g/mol. The summed E-state index contributed by atoms with van der Waals surface area (Å²) in [5.41, 5.74) is 0.690. The molecule has 1 fully saturated rings. The first-order valence-electron chi connectivity index (χ1n) is 8.46. The summed E-state index contributed by atoms with van der Waals surface area (Å²) in [5, 5.41) is 2.56. The molecule has 26 heavy (non-hydrogen) atoms. The Bertz CT molecular complexity index is 840. The zero-order chi connectivity index (χ0) is 18.6. The van der Waals surface area contributed by atoms with E-state index in [1.54, 1.807) is 24.3 Å². The number of amides is 1. The highest BCUT2D eigenvalue weighted by Crippen LogP contribution is 2.27. The summed E-state index contributed by atoms with van der Waals surface area (Å²) < 4.78 is 33.0. The van der Waals surface area contributed by atoms with Gasteiger partial charge < -0.3 is 10.1 Å². The number of carbonyl (C=O) groups excluding carboxylic acids is 1. The van der Waals surface area contributed by atoms with E-state index in [2.05, 4.69) is 5.32 Å². The van der Waals surface area contributed by atoms with E-state index in [1.165, 1.54) is 11.4 Å². The van der Waals surface area contributed by atoms with Gasteiger partial charge in [-0.2, -0.15) is 4.31 Å². The Hall–Kier alpha value is -2.38. The van der Waals surface area contributed by atoms with Gasteiger partial charge in [0.25, 0.3) is 0 Å². The fraction of sp³-hybridized carbons (Fsp3) is 0.316. The van der Waals surface area contributed by atoms with E-state index in [-0.39, 0.29) is 24.3 Å². The van der Waals surface area contributed by atoms with Crippen molar-refractivity contribution in [3.63, 3.8) is 0 Å². The van der Waals surface area contributed by atoms with Crippen molar-refractivity contribution in [3.8, 4) is 5.75 Å². The lowest BCUT2D eigenvalue weighted by molar-refractivity contribution is -0.123. The Morgan fingerprint density at radius 2 is 1.73 bits per heavy atom. The molecule has 0 spiro atoms. The van der Waals surface area contributed by atoms with E-state index < -0.39 is 16.1 Å². The Morgan fingerprint density at radius 1 is 1.12 bits per heavy atom. The van der Waals surface area contributed by atoms with Crippen molar-refractivity contribution < 1.29 is 17.9 Å². The number of para-hydroxylation sites is 1. The van der Waals surface area contributed by atoms with E-state index in [1.807, 2.05) is 36.4 Å². The van der Waals surface area contributed by atoms with Crippen molar-refractivity contribution in [2.45, 2.75) is 24.3 Å². The number of benzene rings is 2. The molecule has 0 saturated carbocycles. The van der Waals surface area contributed by atoms with Gasteiger partial charge in [-0.25, -0.2) is 8.42 Å². The molecule has 1 aliphatic heterocycles. The van der Waals surface area contributed by atoms with Gasteiger partial charge in [-0.05, 0) is 17.7 Å². The second-order valence-electron chi connectivity index (χ2n) is 6.23. The largest absolute Gasteiger partial charge is 0.489 e. The predicted molar refractivity (Wildman–Crippen MR) is 99.1 cm³/mol. The summed E-state index contributed by atoms with van der Waals surface area (Å²) in [7, 11) is -2.14. The maximum atomic E-state index is 12.9. The molecule has 6 nitrogen and oxygen atoms in total. The lowest BCUT2D eigenvalue weighted by Crippen LogP contribution is -2.45. The van der Waals surface area contributed by atoms with Gasteiger partial charge in [-0.3, -0.25) is 4.79 Å². The summed E-state index contributed by atoms with van der Waals surface area (Å²) in [6.45, 7) is 0.155. The highest BCUT2D eigenvalue weighted by atomic mass is 32.2. The Morgan fingerprint density at radius 3 is 2.35 bits per heavy atom. The van der Waals surface area contributed by atoms with Crippen molar-refractivity contribution in [1.29, 1.82) is 0 Å². The quantitative estimate of drug-likeness (QED) is 0.836. The second kappa shape index (κ2) is 7.88. The number of ether oxygens (including phenoxy) is 1. The van der Waals surface area contributed by atoms with E-state index in [0.29, 0.717) is 17.7 Å². The Kier molecular flexibility index (Phi) is 5.58. The molecule has 0 bridgehead atoms.